The van der Waals surface area contributed by atoms with Crippen LogP contribution >= 0.6 is 12.2 Å². The van der Waals surface area contributed by atoms with Crippen molar-refractivity contribution in [3.63, 3.8) is 0 Å². The van der Waals surface area contributed by atoms with Crippen LogP contribution in [0.4, 0.5) is 0 Å². The van der Waals surface area contributed by atoms with Crippen LogP contribution in [0.25, 0.3) is 0 Å². The number of rotatable bonds is 6. The Balaban J connectivity index is 2.15. The smallest absolute Gasteiger partial charge is 0.240 e. The molecule has 4 N–H and O–H groups in total. The van der Waals surface area contributed by atoms with E-state index in [1.807, 2.05) is 0 Å². The largest absolute Gasteiger partial charge is 0.389 e. The first kappa shape index (κ1) is 15.5. The number of H-pyrrole nitrogens is 1. The predicted octanol–water partition coefficient (Wildman–Crippen LogP) is 0.268. The van der Waals surface area contributed by atoms with Gasteiger partial charge in [-0.05, 0) is 18.6 Å². The number of thiocarbonyl (C=S) groups is 1. The van der Waals surface area contributed by atoms with Crippen molar-refractivity contribution in [3.8, 4) is 0 Å². The Labute approximate surface area is 128 Å². The predicted molar refractivity (Wildman–Crippen MR) is 82.3 cm³/mol. The molecule has 0 radical (unpaired) electrons. The van der Waals surface area contributed by atoms with Gasteiger partial charge in [-0.25, -0.2) is 18.1 Å². The Hall–Kier alpha value is -1.84. The maximum Gasteiger partial charge on any atom is 0.240 e. The number of sulfonamides is 1. The molecule has 21 heavy (non-hydrogen) atoms. The summed E-state index contributed by atoms with van der Waals surface area (Å²) in [4.78, 5) is 4.26. The molecule has 1 heterocycles. The zero-order valence-electron chi connectivity index (χ0n) is 11.3. The second-order valence-electron chi connectivity index (χ2n) is 4.42. The second kappa shape index (κ2) is 6.29. The number of hydrogen-bond acceptors (Lipinski definition) is 5. The molecule has 0 saturated heterocycles. The minimum Gasteiger partial charge on any atom is -0.389 e. The van der Waals surface area contributed by atoms with Gasteiger partial charge in [-0.3, -0.25) is 5.10 Å². The molecule has 2 rings (SSSR count). The van der Waals surface area contributed by atoms with Gasteiger partial charge in [0.15, 0.2) is 0 Å². The first-order valence-corrected chi connectivity index (χ1v) is 8.03. The van der Waals surface area contributed by atoms with Crippen molar-refractivity contribution in [2.45, 2.75) is 18.2 Å². The molecule has 0 aliphatic carbocycles. The van der Waals surface area contributed by atoms with Crippen LogP contribution in [0.5, 0.6) is 0 Å². The van der Waals surface area contributed by atoms with Gasteiger partial charge >= 0.3 is 0 Å². The monoisotopic (exact) mass is 325 g/mol. The number of nitrogens with two attached hydrogens (primary N) is 1. The third-order valence-corrected chi connectivity index (χ3v) is 4.72. The van der Waals surface area contributed by atoms with E-state index < -0.39 is 10.0 Å². The Morgan fingerprint density at radius 2 is 2.24 bits per heavy atom. The van der Waals surface area contributed by atoms with Crippen LogP contribution in [-0.2, 0) is 16.4 Å². The normalized spacial score (nSPS) is 11.5. The molecule has 0 atom stereocenters. The number of nitrogens with zero attached hydrogens (tertiary/aromatic N) is 2. The van der Waals surface area contributed by atoms with E-state index in [2.05, 4.69) is 19.9 Å². The van der Waals surface area contributed by atoms with E-state index in [0.29, 0.717) is 23.4 Å². The lowest BCUT2D eigenvalue weighted by atomic mass is 10.1. The van der Waals surface area contributed by atoms with Crippen LogP contribution in [0.2, 0.25) is 0 Å². The molecule has 9 heteroatoms. The van der Waals surface area contributed by atoms with Gasteiger partial charge in [0.25, 0.3) is 0 Å². The van der Waals surface area contributed by atoms with Crippen molar-refractivity contribution in [3.05, 3.63) is 41.5 Å². The van der Waals surface area contributed by atoms with Crippen LogP contribution in [0.3, 0.4) is 0 Å². The molecule has 0 unspecified atom stereocenters. The fourth-order valence-electron chi connectivity index (χ4n) is 1.78. The quantitative estimate of drug-likeness (QED) is 0.657. The van der Waals surface area contributed by atoms with Gasteiger partial charge in [-0.15, -0.1) is 0 Å². The van der Waals surface area contributed by atoms with Gasteiger partial charge in [0.2, 0.25) is 10.0 Å². The summed E-state index contributed by atoms with van der Waals surface area (Å²) in [7, 11) is -3.63. The van der Waals surface area contributed by atoms with Crippen molar-refractivity contribution in [2.24, 2.45) is 5.73 Å². The summed E-state index contributed by atoms with van der Waals surface area (Å²) < 4.78 is 27.2. The standard InChI is InChI=1S/C12H15N5O2S2/c1-8-2-3-9(12(13)20)6-10(8)21(18,19)16-5-4-11-14-7-15-17-11/h2-3,6-7,16H,4-5H2,1H3,(H2,13,20)(H,14,15,17). The fraction of sp³-hybridized carbons (Fsp3) is 0.250. The highest BCUT2D eigenvalue weighted by Crippen LogP contribution is 2.17. The van der Waals surface area contributed by atoms with Gasteiger partial charge in [-0.1, -0.05) is 24.4 Å². The molecule has 0 saturated carbocycles. The first-order chi connectivity index (χ1) is 9.90. The van der Waals surface area contributed by atoms with E-state index in [4.69, 9.17) is 18.0 Å². The minimum atomic E-state index is -3.63. The van der Waals surface area contributed by atoms with Gasteiger partial charge in [0.05, 0.1) is 4.90 Å². The molecule has 0 bridgehead atoms. The zero-order valence-corrected chi connectivity index (χ0v) is 13.0. The second-order valence-corrected chi connectivity index (χ2v) is 6.60. The van der Waals surface area contributed by atoms with Gasteiger partial charge < -0.3 is 5.73 Å². The summed E-state index contributed by atoms with van der Waals surface area (Å²) in [6.45, 7) is 1.93. The van der Waals surface area contributed by atoms with E-state index in [1.54, 1.807) is 19.1 Å². The van der Waals surface area contributed by atoms with E-state index in [-0.39, 0.29) is 16.4 Å². The van der Waals surface area contributed by atoms with E-state index in [0.717, 1.165) is 0 Å². The molecular formula is C12H15N5O2S2. The van der Waals surface area contributed by atoms with Gasteiger partial charge in [0.1, 0.15) is 17.1 Å². The number of hydrogen-bond donors (Lipinski definition) is 3. The summed E-state index contributed by atoms with van der Waals surface area (Å²) >= 11 is 4.87. The molecule has 0 fully saturated rings. The molecule has 0 aliphatic heterocycles. The van der Waals surface area contributed by atoms with Crippen molar-refractivity contribution in [1.82, 2.24) is 19.9 Å². The lowest BCUT2D eigenvalue weighted by Gasteiger charge is -2.10. The van der Waals surface area contributed by atoms with Gasteiger partial charge in [0, 0.05) is 18.5 Å². The topological polar surface area (TPSA) is 114 Å². The highest BCUT2D eigenvalue weighted by atomic mass is 32.2. The Bertz CT molecular complexity index is 741. The van der Waals surface area contributed by atoms with E-state index in [1.165, 1.54) is 12.4 Å². The molecule has 7 nitrogen and oxygen atoms in total. The lowest BCUT2D eigenvalue weighted by molar-refractivity contribution is 0.580. The SMILES string of the molecule is Cc1ccc(C(N)=S)cc1S(=O)(=O)NCCc1ncn[nH]1. The molecular weight excluding hydrogens is 310 g/mol. The summed E-state index contributed by atoms with van der Waals surface area (Å²) in [5, 5.41) is 6.37. The molecule has 0 spiro atoms. The Morgan fingerprint density at radius 1 is 1.48 bits per heavy atom. The Morgan fingerprint density at radius 3 is 2.86 bits per heavy atom. The number of aryl methyl sites for hydroxylation is 1. The molecule has 0 aliphatic rings. The van der Waals surface area contributed by atoms with E-state index in [9.17, 15) is 8.42 Å². The van der Waals surface area contributed by atoms with Crippen molar-refractivity contribution >= 4 is 27.2 Å². The van der Waals surface area contributed by atoms with Crippen LogP contribution < -0.4 is 10.5 Å². The fourth-order valence-corrected chi connectivity index (χ4v) is 3.20. The number of nitrogens with one attached hydrogen (secondary N) is 2. The van der Waals surface area contributed by atoms with Crippen molar-refractivity contribution < 1.29 is 8.42 Å². The summed E-state index contributed by atoms with van der Waals surface area (Å²) in [5.41, 5.74) is 6.68. The van der Waals surface area contributed by atoms with Crippen LogP contribution in [-0.4, -0.2) is 35.1 Å². The molecule has 2 aromatic rings. The number of aromatic amines is 1. The van der Waals surface area contributed by atoms with Crippen molar-refractivity contribution in [1.29, 1.82) is 0 Å². The van der Waals surface area contributed by atoms with Crippen molar-refractivity contribution in [2.75, 3.05) is 6.54 Å². The summed E-state index contributed by atoms with van der Waals surface area (Å²) in [6.07, 6.45) is 1.80. The molecule has 1 aromatic carbocycles. The first-order valence-electron chi connectivity index (χ1n) is 6.14. The molecule has 1 aromatic heterocycles. The zero-order chi connectivity index (χ0) is 15.5. The maximum atomic E-state index is 12.3. The number of aromatic nitrogens is 3. The highest BCUT2D eigenvalue weighted by molar-refractivity contribution is 7.89. The van der Waals surface area contributed by atoms with Gasteiger partial charge in [-0.2, -0.15) is 5.10 Å². The number of benzene rings is 1. The Kier molecular flexibility index (Phi) is 4.66. The summed E-state index contributed by atoms with van der Waals surface area (Å²) in [5.74, 6) is 0.617. The van der Waals surface area contributed by atoms with Crippen LogP contribution in [0, 0.1) is 6.92 Å². The highest BCUT2D eigenvalue weighted by Gasteiger charge is 2.17. The van der Waals surface area contributed by atoms with Crippen LogP contribution in [0.15, 0.2) is 29.4 Å². The maximum absolute atomic E-state index is 12.3. The average Bonchev–Trinajstić information content (AvgIpc) is 2.91. The molecule has 0 amide bonds. The third-order valence-electron chi connectivity index (χ3n) is 2.88. The van der Waals surface area contributed by atoms with E-state index >= 15 is 0 Å². The average molecular weight is 325 g/mol. The minimum absolute atomic E-state index is 0.160. The molecule has 112 valence electrons. The third kappa shape index (κ3) is 3.84. The van der Waals surface area contributed by atoms with Crippen LogP contribution in [0.1, 0.15) is 17.0 Å². The lowest BCUT2D eigenvalue weighted by Crippen LogP contribution is -2.27. The summed E-state index contributed by atoms with van der Waals surface area (Å²) in [6, 6.07) is 4.86.